The predicted molar refractivity (Wildman–Crippen MR) is 93.0 cm³/mol. The van der Waals surface area contributed by atoms with Gasteiger partial charge in [0, 0.05) is 29.4 Å². The minimum Gasteiger partial charge on any atom is -0.387 e. The molecule has 1 unspecified atom stereocenters. The van der Waals surface area contributed by atoms with Crippen LogP contribution in [0.3, 0.4) is 0 Å². The number of fused-ring (bicyclic) bond motifs is 1. The highest BCUT2D eigenvalue weighted by atomic mass is 16.6. The number of aromatic nitrogens is 1. The van der Waals surface area contributed by atoms with Crippen molar-refractivity contribution < 1.29 is 10.0 Å². The molecule has 0 amide bonds. The first kappa shape index (κ1) is 15.9. The standard InChI is InChI=1S/C18H17N3O3/c1-12-10-15(19-11-17(22)13-6-3-2-4-7-13)14-8-5-9-16(21(23)24)18(14)20-12/h2-10,17,22H,11H2,1H3,(H,19,20). The first-order valence-electron chi connectivity index (χ1n) is 7.58. The molecule has 3 aromatic rings. The van der Waals surface area contributed by atoms with Crippen molar-refractivity contribution in [1.29, 1.82) is 0 Å². The highest BCUT2D eigenvalue weighted by molar-refractivity contribution is 5.96. The third-order valence-corrected chi connectivity index (χ3v) is 3.81. The molecule has 0 saturated heterocycles. The van der Waals surface area contributed by atoms with Crippen LogP contribution in [0.15, 0.2) is 54.6 Å². The molecule has 0 aliphatic rings. The number of non-ortho nitro benzene ring substituents is 1. The summed E-state index contributed by atoms with van der Waals surface area (Å²) in [5.41, 5.74) is 2.53. The van der Waals surface area contributed by atoms with Gasteiger partial charge in [-0.2, -0.15) is 0 Å². The van der Waals surface area contributed by atoms with Gasteiger partial charge in [-0.05, 0) is 18.6 Å². The summed E-state index contributed by atoms with van der Waals surface area (Å²) >= 11 is 0. The molecule has 122 valence electrons. The number of aliphatic hydroxyl groups is 1. The van der Waals surface area contributed by atoms with Crippen molar-refractivity contribution in [1.82, 2.24) is 4.98 Å². The van der Waals surface area contributed by atoms with Crippen LogP contribution < -0.4 is 5.32 Å². The molecule has 2 N–H and O–H groups in total. The topological polar surface area (TPSA) is 88.3 Å². The number of pyridine rings is 1. The van der Waals surface area contributed by atoms with Crippen LogP contribution in [0.1, 0.15) is 17.4 Å². The first-order chi connectivity index (χ1) is 11.6. The van der Waals surface area contributed by atoms with E-state index in [1.54, 1.807) is 19.1 Å². The van der Waals surface area contributed by atoms with Gasteiger partial charge in [-0.25, -0.2) is 4.98 Å². The third kappa shape index (κ3) is 3.18. The summed E-state index contributed by atoms with van der Waals surface area (Å²) in [6.07, 6.45) is -0.673. The summed E-state index contributed by atoms with van der Waals surface area (Å²) in [4.78, 5) is 15.1. The van der Waals surface area contributed by atoms with Crippen LogP contribution in [-0.4, -0.2) is 21.6 Å². The summed E-state index contributed by atoms with van der Waals surface area (Å²) < 4.78 is 0. The number of anilines is 1. The lowest BCUT2D eigenvalue weighted by Gasteiger charge is -2.15. The Morgan fingerprint density at radius 2 is 1.96 bits per heavy atom. The summed E-state index contributed by atoms with van der Waals surface area (Å²) in [7, 11) is 0. The number of nitro groups is 1. The van der Waals surface area contributed by atoms with Gasteiger partial charge in [0.05, 0.1) is 11.0 Å². The Labute approximate surface area is 138 Å². The zero-order chi connectivity index (χ0) is 17.1. The number of benzene rings is 2. The number of hydrogen-bond acceptors (Lipinski definition) is 5. The van der Waals surface area contributed by atoms with Crippen LogP contribution in [0.25, 0.3) is 10.9 Å². The fraction of sp³-hybridized carbons (Fsp3) is 0.167. The van der Waals surface area contributed by atoms with E-state index in [0.717, 1.165) is 11.3 Å². The van der Waals surface area contributed by atoms with Crippen LogP contribution in [0.5, 0.6) is 0 Å². The summed E-state index contributed by atoms with van der Waals surface area (Å²) in [6.45, 7) is 2.08. The Morgan fingerprint density at radius 1 is 1.21 bits per heavy atom. The molecule has 24 heavy (non-hydrogen) atoms. The van der Waals surface area contributed by atoms with Gasteiger partial charge in [0.1, 0.15) is 0 Å². The highest BCUT2D eigenvalue weighted by Crippen LogP contribution is 2.30. The van der Waals surface area contributed by atoms with Gasteiger partial charge in [-0.15, -0.1) is 0 Å². The number of aliphatic hydroxyl groups excluding tert-OH is 1. The van der Waals surface area contributed by atoms with Gasteiger partial charge >= 0.3 is 0 Å². The molecular weight excluding hydrogens is 306 g/mol. The fourth-order valence-electron chi connectivity index (χ4n) is 2.65. The van der Waals surface area contributed by atoms with E-state index in [9.17, 15) is 15.2 Å². The summed E-state index contributed by atoms with van der Waals surface area (Å²) in [6, 6.07) is 16.0. The van der Waals surface area contributed by atoms with E-state index < -0.39 is 11.0 Å². The van der Waals surface area contributed by atoms with E-state index in [2.05, 4.69) is 10.3 Å². The van der Waals surface area contributed by atoms with Crippen molar-refractivity contribution in [3.63, 3.8) is 0 Å². The Bertz CT molecular complexity index is 881. The van der Waals surface area contributed by atoms with E-state index >= 15 is 0 Å². The largest absolute Gasteiger partial charge is 0.387 e. The number of aryl methyl sites for hydroxylation is 1. The molecule has 0 bridgehead atoms. The quantitative estimate of drug-likeness (QED) is 0.553. The zero-order valence-electron chi connectivity index (χ0n) is 13.1. The fourth-order valence-corrected chi connectivity index (χ4v) is 2.65. The second-order valence-electron chi connectivity index (χ2n) is 5.55. The van der Waals surface area contributed by atoms with Crippen molar-refractivity contribution >= 4 is 22.3 Å². The van der Waals surface area contributed by atoms with Crippen LogP contribution in [0.2, 0.25) is 0 Å². The summed E-state index contributed by atoms with van der Waals surface area (Å²) in [5.74, 6) is 0. The maximum atomic E-state index is 11.2. The van der Waals surface area contributed by atoms with Gasteiger partial charge in [0.15, 0.2) is 5.52 Å². The molecule has 0 aliphatic heterocycles. The van der Waals surface area contributed by atoms with Gasteiger partial charge in [-0.1, -0.05) is 42.5 Å². The average molecular weight is 323 g/mol. The van der Waals surface area contributed by atoms with Gasteiger partial charge in [0.2, 0.25) is 0 Å². The average Bonchev–Trinajstić information content (AvgIpc) is 2.59. The molecule has 0 aliphatic carbocycles. The molecule has 1 atom stereocenters. The highest BCUT2D eigenvalue weighted by Gasteiger charge is 2.16. The normalized spacial score (nSPS) is 12.1. The van der Waals surface area contributed by atoms with Crippen LogP contribution in [0.4, 0.5) is 11.4 Å². The van der Waals surface area contributed by atoms with Crippen LogP contribution in [-0.2, 0) is 0 Å². The zero-order valence-corrected chi connectivity index (χ0v) is 13.1. The smallest absolute Gasteiger partial charge is 0.295 e. The molecule has 0 saturated carbocycles. The lowest BCUT2D eigenvalue weighted by Crippen LogP contribution is -2.12. The number of nitrogens with zero attached hydrogens (tertiary/aromatic N) is 2. The minimum absolute atomic E-state index is 0.0251. The monoisotopic (exact) mass is 323 g/mol. The number of para-hydroxylation sites is 1. The number of nitro benzene ring substituents is 1. The van der Waals surface area contributed by atoms with E-state index in [-0.39, 0.29) is 5.69 Å². The summed E-state index contributed by atoms with van der Waals surface area (Å²) in [5, 5.41) is 25.3. The van der Waals surface area contributed by atoms with Gasteiger partial charge in [0.25, 0.3) is 5.69 Å². The predicted octanol–water partition coefficient (Wildman–Crippen LogP) is 3.60. The lowest BCUT2D eigenvalue weighted by atomic mass is 10.1. The molecule has 0 fully saturated rings. The van der Waals surface area contributed by atoms with Gasteiger partial charge in [-0.3, -0.25) is 10.1 Å². The van der Waals surface area contributed by atoms with Crippen molar-refractivity contribution in [3.05, 3.63) is 76.0 Å². The number of rotatable bonds is 5. The second-order valence-corrected chi connectivity index (χ2v) is 5.55. The minimum atomic E-state index is -0.673. The maximum Gasteiger partial charge on any atom is 0.295 e. The number of nitrogens with one attached hydrogen (secondary N) is 1. The molecule has 3 rings (SSSR count). The second kappa shape index (κ2) is 6.64. The van der Waals surface area contributed by atoms with Crippen molar-refractivity contribution in [2.24, 2.45) is 0 Å². The maximum absolute atomic E-state index is 11.2. The first-order valence-corrected chi connectivity index (χ1v) is 7.58. The van der Waals surface area contributed by atoms with Crippen LogP contribution >= 0.6 is 0 Å². The molecule has 6 nitrogen and oxygen atoms in total. The Balaban J connectivity index is 1.92. The SMILES string of the molecule is Cc1cc(NCC(O)c2ccccc2)c2cccc([N+](=O)[O-])c2n1. The molecular formula is C18H17N3O3. The molecule has 6 heteroatoms. The lowest BCUT2D eigenvalue weighted by molar-refractivity contribution is -0.383. The molecule has 1 aromatic heterocycles. The van der Waals surface area contributed by atoms with E-state index in [1.807, 2.05) is 36.4 Å². The van der Waals surface area contributed by atoms with Crippen molar-refractivity contribution in [3.8, 4) is 0 Å². The van der Waals surface area contributed by atoms with Crippen molar-refractivity contribution in [2.45, 2.75) is 13.0 Å². The molecule has 0 radical (unpaired) electrons. The number of hydrogen-bond donors (Lipinski definition) is 2. The molecule has 2 aromatic carbocycles. The van der Waals surface area contributed by atoms with Crippen molar-refractivity contribution in [2.75, 3.05) is 11.9 Å². The molecule has 0 spiro atoms. The third-order valence-electron chi connectivity index (χ3n) is 3.81. The van der Waals surface area contributed by atoms with E-state index in [1.165, 1.54) is 6.07 Å². The van der Waals surface area contributed by atoms with Gasteiger partial charge < -0.3 is 10.4 Å². The Hall–Kier alpha value is -2.99. The van der Waals surface area contributed by atoms with Crippen LogP contribution in [0, 0.1) is 17.0 Å². The van der Waals surface area contributed by atoms with E-state index in [4.69, 9.17) is 0 Å². The Kier molecular flexibility index (Phi) is 4.39. The van der Waals surface area contributed by atoms with E-state index in [0.29, 0.717) is 23.1 Å². The molecule has 1 heterocycles. The Morgan fingerprint density at radius 3 is 2.67 bits per heavy atom.